The van der Waals surface area contributed by atoms with Gasteiger partial charge in [-0.15, -0.1) is 0 Å². The Morgan fingerprint density at radius 3 is 2.59 bits per heavy atom. The van der Waals surface area contributed by atoms with Crippen molar-refractivity contribution in [3.8, 4) is 11.5 Å². The van der Waals surface area contributed by atoms with Crippen molar-refractivity contribution >= 4 is 17.9 Å². The fourth-order valence-electron chi connectivity index (χ4n) is 2.36. The predicted molar refractivity (Wildman–Crippen MR) is 102 cm³/mol. The van der Waals surface area contributed by atoms with Crippen molar-refractivity contribution in [3.05, 3.63) is 83.7 Å². The molecule has 0 aliphatic heterocycles. The van der Waals surface area contributed by atoms with Crippen molar-refractivity contribution in [1.29, 1.82) is 0 Å². The van der Waals surface area contributed by atoms with Gasteiger partial charge in [-0.2, -0.15) is 0 Å². The van der Waals surface area contributed by atoms with Crippen LogP contribution in [0.1, 0.15) is 21.6 Å². The van der Waals surface area contributed by atoms with Crippen molar-refractivity contribution in [3.63, 3.8) is 0 Å². The molecule has 0 fully saturated rings. The molecule has 0 spiro atoms. The van der Waals surface area contributed by atoms with Gasteiger partial charge in [0.15, 0.2) is 11.5 Å². The number of ether oxygens (including phenoxy) is 2. The number of benzene rings is 2. The molecule has 1 N–H and O–H groups in total. The molecule has 3 aromatic rings. The summed E-state index contributed by atoms with van der Waals surface area (Å²) in [5, 5.41) is 8.93. The molecule has 1 heterocycles. The van der Waals surface area contributed by atoms with Crippen LogP contribution >= 0.6 is 0 Å². The first-order valence-electron chi connectivity index (χ1n) is 8.24. The van der Waals surface area contributed by atoms with Gasteiger partial charge >= 0.3 is 5.97 Å². The topological polar surface area (TPSA) is 81.0 Å². The third kappa shape index (κ3) is 4.92. The van der Waals surface area contributed by atoms with Gasteiger partial charge in [-0.1, -0.05) is 6.07 Å². The SMILES string of the molecule is COc1ccc(C=Nc2ccc(C(=O)O)cc2)cc1OCc1ccccn1. The molecule has 0 bridgehead atoms. The third-order valence-corrected chi connectivity index (χ3v) is 3.77. The summed E-state index contributed by atoms with van der Waals surface area (Å²) in [6, 6.07) is 17.5. The molecule has 0 amide bonds. The van der Waals surface area contributed by atoms with Crippen LogP contribution in [0.4, 0.5) is 5.69 Å². The van der Waals surface area contributed by atoms with Crippen molar-refractivity contribution in [2.45, 2.75) is 6.61 Å². The number of aromatic carboxylic acids is 1. The Morgan fingerprint density at radius 1 is 1.11 bits per heavy atom. The summed E-state index contributed by atoms with van der Waals surface area (Å²) in [5.74, 6) is 0.248. The fourth-order valence-corrected chi connectivity index (χ4v) is 2.36. The van der Waals surface area contributed by atoms with Gasteiger partial charge in [0.05, 0.1) is 24.1 Å². The Balaban J connectivity index is 1.74. The maximum absolute atomic E-state index is 10.9. The average Bonchev–Trinajstić information content (AvgIpc) is 2.71. The molecular weight excluding hydrogens is 344 g/mol. The Morgan fingerprint density at radius 2 is 1.93 bits per heavy atom. The van der Waals surface area contributed by atoms with E-state index in [0.717, 1.165) is 11.3 Å². The summed E-state index contributed by atoms with van der Waals surface area (Å²) < 4.78 is 11.2. The minimum Gasteiger partial charge on any atom is -0.493 e. The largest absolute Gasteiger partial charge is 0.493 e. The summed E-state index contributed by atoms with van der Waals surface area (Å²) in [7, 11) is 1.58. The zero-order valence-electron chi connectivity index (χ0n) is 14.7. The maximum Gasteiger partial charge on any atom is 0.335 e. The first-order chi connectivity index (χ1) is 13.2. The van der Waals surface area contributed by atoms with Crippen LogP contribution in [0.25, 0.3) is 0 Å². The zero-order chi connectivity index (χ0) is 19.1. The van der Waals surface area contributed by atoms with Gasteiger partial charge in [0.1, 0.15) is 6.61 Å². The minimum atomic E-state index is -0.963. The molecule has 3 rings (SSSR count). The summed E-state index contributed by atoms with van der Waals surface area (Å²) in [5.41, 5.74) is 2.53. The maximum atomic E-state index is 10.9. The first kappa shape index (κ1) is 18.1. The van der Waals surface area contributed by atoms with Gasteiger partial charge in [-0.3, -0.25) is 9.98 Å². The Hall–Kier alpha value is -3.67. The number of rotatable bonds is 7. The number of carboxylic acid groups (broad SMARTS) is 1. The van der Waals surface area contributed by atoms with Crippen molar-refractivity contribution in [2.75, 3.05) is 7.11 Å². The number of carboxylic acids is 1. The average molecular weight is 362 g/mol. The fraction of sp³-hybridized carbons (Fsp3) is 0.0952. The highest BCUT2D eigenvalue weighted by molar-refractivity contribution is 5.88. The Labute approximate surface area is 156 Å². The van der Waals surface area contributed by atoms with Gasteiger partial charge in [0.25, 0.3) is 0 Å². The number of aromatic nitrogens is 1. The number of methoxy groups -OCH3 is 1. The minimum absolute atomic E-state index is 0.226. The highest BCUT2D eigenvalue weighted by atomic mass is 16.5. The van der Waals surface area contributed by atoms with Gasteiger partial charge in [-0.25, -0.2) is 4.79 Å². The standard InChI is InChI=1S/C21H18N2O4/c1-26-19-10-5-15(12-20(19)27-14-18-4-2-3-11-22-18)13-23-17-8-6-16(7-9-17)21(24)25/h2-13H,14H2,1H3,(H,24,25). The summed E-state index contributed by atoms with van der Waals surface area (Å²) in [6.07, 6.45) is 3.40. The normalized spacial score (nSPS) is 10.7. The second-order valence-electron chi connectivity index (χ2n) is 5.63. The lowest BCUT2D eigenvalue weighted by atomic mass is 10.2. The smallest absolute Gasteiger partial charge is 0.335 e. The third-order valence-electron chi connectivity index (χ3n) is 3.77. The molecule has 0 saturated heterocycles. The van der Waals surface area contributed by atoms with Gasteiger partial charge in [0.2, 0.25) is 0 Å². The molecule has 6 heteroatoms. The monoisotopic (exact) mass is 362 g/mol. The number of aliphatic imine (C=N–C) groups is 1. The lowest BCUT2D eigenvalue weighted by molar-refractivity contribution is 0.0697. The van der Waals surface area contributed by atoms with Crippen molar-refractivity contribution < 1.29 is 19.4 Å². The lowest BCUT2D eigenvalue weighted by Gasteiger charge is -2.11. The molecule has 0 radical (unpaired) electrons. The zero-order valence-corrected chi connectivity index (χ0v) is 14.7. The molecule has 0 saturated carbocycles. The second kappa shape index (κ2) is 8.62. The molecular formula is C21H18N2O4. The van der Waals surface area contributed by atoms with Crippen LogP contribution in [0.15, 0.2) is 71.9 Å². The van der Waals surface area contributed by atoms with Gasteiger partial charge in [0, 0.05) is 12.4 Å². The highest BCUT2D eigenvalue weighted by Crippen LogP contribution is 2.28. The van der Waals surface area contributed by atoms with E-state index in [1.54, 1.807) is 31.7 Å². The van der Waals surface area contributed by atoms with Crippen molar-refractivity contribution in [2.24, 2.45) is 4.99 Å². The van der Waals surface area contributed by atoms with Crippen LogP contribution in [0.2, 0.25) is 0 Å². The number of hydrogen-bond acceptors (Lipinski definition) is 5. The van der Waals surface area contributed by atoms with Crippen LogP contribution in [-0.2, 0) is 6.61 Å². The molecule has 6 nitrogen and oxygen atoms in total. The molecule has 0 aliphatic rings. The lowest BCUT2D eigenvalue weighted by Crippen LogP contribution is -2.00. The van der Waals surface area contributed by atoms with Crippen molar-refractivity contribution in [1.82, 2.24) is 4.98 Å². The first-order valence-corrected chi connectivity index (χ1v) is 8.24. The van der Waals surface area contributed by atoms with E-state index in [1.807, 2.05) is 36.4 Å². The quantitative estimate of drug-likeness (QED) is 0.640. The van der Waals surface area contributed by atoms with Crippen LogP contribution in [0.3, 0.4) is 0 Å². The number of nitrogens with zero attached hydrogens (tertiary/aromatic N) is 2. The summed E-state index contributed by atoms with van der Waals surface area (Å²) in [6.45, 7) is 0.328. The van der Waals surface area contributed by atoms with E-state index in [-0.39, 0.29) is 5.56 Å². The van der Waals surface area contributed by atoms with Crippen LogP contribution in [-0.4, -0.2) is 29.4 Å². The van der Waals surface area contributed by atoms with Gasteiger partial charge in [-0.05, 0) is 60.2 Å². The predicted octanol–water partition coefficient (Wildman–Crippen LogP) is 4.12. The molecule has 2 aromatic carbocycles. The van der Waals surface area contributed by atoms with Gasteiger partial charge < -0.3 is 14.6 Å². The van der Waals surface area contributed by atoms with E-state index in [4.69, 9.17) is 14.6 Å². The number of carbonyl (C=O) groups is 1. The molecule has 1 aromatic heterocycles. The Bertz CT molecular complexity index is 938. The molecule has 0 aliphatic carbocycles. The highest BCUT2D eigenvalue weighted by Gasteiger charge is 2.06. The van der Waals surface area contributed by atoms with E-state index < -0.39 is 5.97 Å². The van der Waals surface area contributed by atoms with Crippen LogP contribution in [0, 0.1) is 0 Å². The molecule has 0 unspecified atom stereocenters. The van der Waals surface area contributed by atoms with E-state index >= 15 is 0 Å². The molecule has 136 valence electrons. The molecule has 27 heavy (non-hydrogen) atoms. The van der Waals surface area contributed by atoms with E-state index in [1.165, 1.54) is 12.1 Å². The van der Waals surface area contributed by atoms with E-state index in [9.17, 15) is 4.79 Å². The summed E-state index contributed by atoms with van der Waals surface area (Å²) >= 11 is 0. The van der Waals surface area contributed by atoms with Crippen LogP contribution in [0.5, 0.6) is 11.5 Å². The Kier molecular flexibility index (Phi) is 5.79. The second-order valence-corrected chi connectivity index (χ2v) is 5.63. The number of hydrogen-bond donors (Lipinski definition) is 1. The van der Waals surface area contributed by atoms with E-state index in [2.05, 4.69) is 9.98 Å². The van der Waals surface area contributed by atoms with Crippen LogP contribution < -0.4 is 9.47 Å². The molecule has 0 atom stereocenters. The van der Waals surface area contributed by atoms with E-state index in [0.29, 0.717) is 23.8 Å². The summed E-state index contributed by atoms with van der Waals surface area (Å²) in [4.78, 5) is 19.5. The number of pyridine rings is 1.